The molecule has 1 aromatic heterocycles. The van der Waals surface area contributed by atoms with E-state index in [9.17, 15) is 13.2 Å². The average Bonchev–Trinajstić information content (AvgIpc) is 2.76. The zero-order valence-electron chi connectivity index (χ0n) is 11.6. The molecule has 0 aliphatic rings. The molecule has 0 spiro atoms. The monoisotopic (exact) mass is 290 g/mol. The summed E-state index contributed by atoms with van der Waals surface area (Å²) in [5.41, 5.74) is -1.11. The summed E-state index contributed by atoms with van der Waals surface area (Å²) in [6.07, 6.45) is 1.09. The van der Waals surface area contributed by atoms with E-state index >= 15 is 0 Å². The highest BCUT2D eigenvalue weighted by Crippen LogP contribution is 2.26. The first kappa shape index (κ1) is 15.6. The van der Waals surface area contributed by atoms with Crippen LogP contribution >= 0.6 is 0 Å². The van der Waals surface area contributed by atoms with Crippen molar-refractivity contribution in [3.63, 3.8) is 0 Å². The topological polar surface area (TPSA) is 99.4 Å². The number of esters is 1. The molecule has 0 bridgehead atoms. The fourth-order valence-corrected chi connectivity index (χ4v) is 1.72. The molecule has 0 amide bonds. The van der Waals surface area contributed by atoms with E-state index in [1.165, 1.54) is 6.92 Å². The molecule has 0 aliphatic carbocycles. The maximum atomic E-state index is 11.8. The van der Waals surface area contributed by atoms with Gasteiger partial charge in [0.25, 0.3) is 0 Å². The number of sulfone groups is 1. The highest BCUT2D eigenvalue weighted by Gasteiger charge is 2.38. The Morgan fingerprint density at radius 2 is 2.05 bits per heavy atom. The minimum Gasteiger partial charge on any atom is -0.465 e. The summed E-state index contributed by atoms with van der Waals surface area (Å²) in [6.45, 7) is 6.55. The van der Waals surface area contributed by atoms with Crippen molar-refractivity contribution in [3.05, 3.63) is 11.7 Å². The van der Waals surface area contributed by atoms with Crippen molar-refractivity contribution in [1.29, 1.82) is 0 Å². The molecule has 8 heteroatoms. The number of carbonyl (C=O) groups is 1. The van der Waals surface area contributed by atoms with Gasteiger partial charge in [-0.2, -0.15) is 4.98 Å². The van der Waals surface area contributed by atoms with Gasteiger partial charge in [-0.05, 0) is 27.7 Å². The van der Waals surface area contributed by atoms with Gasteiger partial charge in [0.15, 0.2) is 15.7 Å². The van der Waals surface area contributed by atoms with Crippen LogP contribution in [0.1, 0.15) is 44.7 Å². The third kappa shape index (κ3) is 3.31. The summed E-state index contributed by atoms with van der Waals surface area (Å²) in [4.78, 5) is 15.8. The van der Waals surface area contributed by atoms with E-state index in [0.29, 0.717) is 0 Å². The van der Waals surface area contributed by atoms with Gasteiger partial charge in [0, 0.05) is 6.26 Å². The van der Waals surface area contributed by atoms with Gasteiger partial charge in [-0.1, -0.05) is 5.16 Å². The van der Waals surface area contributed by atoms with Crippen LogP contribution in [0.3, 0.4) is 0 Å². The van der Waals surface area contributed by atoms with E-state index in [2.05, 4.69) is 10.1 Å². The predicted molar refractivity (Wildman–Crippen MR) is 67.2 cm³/mol. The van der Waals surface area contributed by atoms with Gasteiger partial charge in [0.1, 0.15) is 10.7 Å². The van der Waals surface area contributed by atoms with Crippen LogP contribution in [0.5, 0.6) is 0 Å². The van der Waals surface area contributed by atoms with Crippen LogP contribution in [0.15, 0.2) is 4.52 Å². The maximum absolute atomic E-state index is 11.8. The quantitative estimate of drug-likeness (QED) is 0.746. The number of hydrogen-bond acceptors (Lipinski definition) is 7. The summed E-state index contributed by atoms with van der Waals surface area (Å²) in [5.74, 6) is -0.427. The number of rotatable bonds is 5. The van der Waals surface area contributed by atoms with Crippen molar-refractivity contribution in [3.8, 4) is 0 Å². The summed E-state index contributed by atoms with van der Waals surface area (Å²) in [6, 6.07) is 0. The minimum atomic E-state index is -3.32. The van der Waals surface area contributed by atoms with E-state index in [1.54, 1.807) is 20.8 Å². The smallest absolute Gasteiger partial charge is 0.321 e. The molecule has 1 atom stereocenters. The van der Waals surface area contributed by atoms with Crippen LogP contribution in [0, 0.1) is 0 Å². The highest BCUT2D eigenvalue weighted by molar-refractivity contribution is 7.90. The Labute approximate surface area is 112 Å². The number of ether oxygens (including phenoxy) is 1. The summed E-state index contributed by atoms with van der Waals surface area (Å²) in [5, 5.41) is 2.73. The lowest BCUT2D eigenvalue weighted by Crippen LogP contribution is -2.31. The molecular weight excluding hydrogens is 272 g/mol. The second kappa shape index (κ2) is 5.28. The molecule has 108 valence electrons. The molecule has 0 saturated carbocycles. The summed E-state index contributed by atoms with van der Waals surface area (Å²) in [7, 11) is -3.32. The first-order valence-electron chi connectivity index (χ1n) is 5.80. The number of nitrogens with zero attached hydrogens (tertiary/aromatic N) is 2. The Bertz CT molecular complexity index is 561. The molecule has 19 heavy (non-hydrogen) atoms. The van der Waals surface area contributed by atoms with E-state index in [4.69, 9.17) is 9.26 Å². The zero-order valence-corrected chi connectivity index (χ0v) is 12.4. The Hall–Kier alpha value is -1.44. The van der Waals surface area contributed by atoms with Crippen molar-refractivity contribution in [2.75, 3.05) is 12.9 Å². The van der Waals surface area contributed by atoms with Crippen molar-refractivity contribution < 1.29 is 22.5 Å². The largest absolute Gasteiger partial charge is 0.465 e. The van der Waals surface area contributed by atoms with Crippen LogP contribution in [0.4, 0.5) is 0 Å². The van der Waals surface area contributed by atoms with Gasteiger partial charge < -0.3 is 9.26 Å². The number of carbonyl (C=O) groups excluding carboxylic acids is 1. The van der Waals surface area contributed by atoms with Gasteiger partial charge >= 0.3 is 5.97 Å². The molecule has 1 rings (SSSR count). The molecule has 0 radical (unpaired) electrons. The second-order valence-electron chi connectivity index (χ2n) is 4.77. The molecule has 0 aliphatic heterocycles. The Kier molecular flexibility index (Phi) is 4.34. The fourth-order valence-electron chi connectivity index (χ4n) is 1.24. The fraction of sp³-hybridized carbons (Fsp3) is 0.727. The van der Waals surface area contributed by atoms with Crippen LogP contribution in [0.2, 0.25) is 0 Å². The van der Waals surface area contributed by atoms with Gasteiger partial charge in [0.05, 0.1) is 6.61 Å². The molecule has 1 unspecified atom stereocenters. The van der Waals surface area contributed by atoms with Gasteiger partial charge in [-0.3, -0.25) is 4.79 Å². The van der Waals surface area contributed by atoms with Crippen molar-refractivity contribution in [2.45, 2.75) is 38.4 Å². The van der Waals surface area contributed by atoms with Crippen molar-refractivity contribution in [1.82, 2.24) is 10.1 Å². The SMILES string of the molecule is CCOC(=O)C(C)(C)c1nc(C(C)S(C)(=O)=O)no1. The summed E-state index contributed by atoms with van der Waals surface area (Å²) >= 11 is 0. The predicted octanol–water partition coefficient (Wildman–Crippen LogP) is 1.02. The van der Waals surface area contributed by atoms with E-state index < -0.39 is 26.5 Å². The van der Waals surface area contributed by atoms with Crippen LogP contribution < -0.4 is 0 Å². The number of aromatic nitrogens is 2. The zero-order chi connectivity index (χ0) is 14.8. The van der Waals surface area contributed by atoms with E-state index in [1.807, 2.05) is 0 Å². The second-order valence-corrected chi connectivity index (χ2v) is 7.14. The first-order valence-corrected chi connectivity index (χ1v) is 7.76. The molecular formula is C11H18N2O5S. The third-order valence-electron chi connectivity index (χ3n) is 2.77. The normalized spacial score (nSPS) is 14.2. The molecule has 0 N–H and O–H groups in total. The standard InChI is InChI=1S/C11H18N2O5S/c1-6-17-10(14)11(3,4)9-12-8(13-18-9)7(2)19(5,15)16/h7H,6H2,1-5H3. The molecule has 7 nitrogen and oxygen atoms in total. The highest BCUT2D eigenvalue weighted by atomic mass is 32.2. The van der Waals surface area contributed by atoms with E-state index in [0.717, 1.165) is 6.26 Å². The summed E-state index contributed by atoms with van der Waals surface area (Å²) < 4.78 is 32.7. The Morgan fingerprint density at radius 3 is 2.53 bits per heavy atom. The van der Waals surface area contributed by atoms with Crippen LogP contribution in [0.25, 0.3) is 0 Å². The number of hydrogen-bond donors (Lipinski definition) is 0. The minimum absolute atomic E-state index is 0.0369. The lowest BCUT2D eigenvalue weighted by atomic mass is 9.94. The average molecular weight is 290 g/mol. The van der Waals surface area contributed by atoms with Crippen LogP contribution in [-0.2, 0) is 24.8 Å². The van der Waals surface area contributed by atoms with E-state index in [-0.39, 0.29) is 18.3 Å². The van der Waals surface area contributed by atoms with Gasteiger partial charge in [0.2, 0.25) is 5.89 Å². The molecule has 0 saturated heterocycles. The van der Waals surface area contributed by atoms with Crippen LogP contribution in [-0.4, -0.2) is 37.4 Å². The molecule has 1 aromatic rings. The van der Waals surface area contributed by atoms with Gasteiger partial charge in [-0.15, -0.1) is 0 Å². The lowest BCUT2D eigenvalue weighted by Gasteiger charge is -2.17. The molecule has 1 heterocycles. The van der Waals surface area contributed by atoms with Gasteiger partial charge in [-0.25, -0.2) is 8.42 Å². The maximum Gasteiger partial charge on any atom is 0.321 e. The Morgan fingerprint density at radius 1 is 1.47 bits per heavy atom. The van der Waals surface area contributed by atoms with Crippen molar-refractivity contribution in [2.24, 2.45) is 0 Å². The molecule has 0 aromatic carbocycles. The first-order chi connectivity index (χ1) is 8.60. The van der Waals surface area contributed by atoms with Crippen molar-refractivity contribution >= 4 is 15.8 Å². The Balaban J connectivity index is 3.06. The third-order valence-corrected chi connectivity index (χ3v) is 4.26. The lowest BCUT2D eigenvalue weighted by molar-refractivity contribution is -0.149. The molecule has 0 fully saturated rings.